The van der Waals surface area contributed by atoms with Crippen molar-refractivity contribution in [2.45, 2.75) is 6.92 Å². The number of anilines is 2. The Labute approximate surface area is 161 Å². The van der Waals surface area contributed by atoms with Gasteiger partial charge in [0, 0.05) is 16.6 Å². The third-order valence-corrected chi connectivity index (χ3v) is 4.09. The van der Waals surface area contributed by atoms with Crippen molar-refractivity contribution in [3.63, 3.8) is 0 Å². The molecule has 0 aliphatic carbocycles. The molecule has 1 heterocycles. The van der Waals surface area contributed by atoms with Gasteiger partial charge in [-0.2, -0.15) is 5.10 Å². The molecule has 8 N–H and O–H groups in total. The topological polar surface area (TPSA) is 157 Å². The molecule has 0 saturated heterocycles. The average molecular weight is 379 g/mol. The summed E-state index contributed by atoms with van der Waals surface area (Å²) in [5.74, 6) is 0.181. The van der Waals surface area contributed by atoms with Gasteiger partial charge in [0.2, 0.25) is 5.96 Å². The van der Waals surface area contributed by atoms with Crippen LogP contribution >= 0.6 is 0 Å². The summed E-state index contributed by atoms with van der Waals surface area (Å²) in [6.45, 7) is 1.78. The molecule has 0 aliphatic heterocycles. The predicted molar refractivity (Wildman–Crippen MR) is 112 cm³/mol. The molecule has 0 atom stereocenters. The van der Waals surface area contributed by atoms with Crippen LogP contribution in [0.5, 0.6) is 5.75 Å². The quantitative estimate of drug-likeness (QED) is 0.198. The van der Waals surface area contributed by atoms with Crippen molar-refractivity contribution in [1.29, 1.82) is 0 Å². The van der Waals surface area contributed by atoms with Crippen LogP contribution in [0.4, 0.5) is 11.4 Å². The van der Waals surface area contributed by atoms with Crippen molar-refractivity contribution in [2.24, 2.45) is 21.7 Å². The Hall–Kier alpha value is -4.01. The Balaban J connectivity index is 1.77. The number of carbonyl (C=O) groups excluding carboxylic acids is 1. The lowest BCUT2D eigenvalue weighted by Crippen LogP contribution is -2.22. The number of fused-ring (bicyclic) bond motifs is 1. The van der Waals surface area contributed by atoms with Crippen LogP contribution in [-0.4, -0.2) is 29.7 Å². The molecule has 0 spiro atoms. The highest BCUT2D eigenvalue weighted by molar-refractivity contribution is 6.06. The number of hydrogen-bond donors (Lipinski definition) is 5. The molecule has 144 valence electrons. The molecule has 3 aromatic rings. The number of H-pyrrole nitrogens is 1. The van der Waals surface area contributed by atoms with E-state index in [-0.39, 0.29) is 11.9 Å². The number of rotatable bonds is 5. The fraction of sp³-hybridized carbons (Fsp3) is 0.105. The van der Waals surface area contributed by atoms with Gasteiger partial charge in [-0.1, -0.05) is 12.1 Å². The monoisotopic (exact) mass is 379 g/mol. The summed E-state index contributed by atoms with van der Waals surface area (Å²) in [5.41, 5.74) is 20.2. The van der Waals surface area contributed by atoms with Crippen LogP contribution in [0.1, 0.15) is 23.0 Å². The Bertz CT molecular complexity index is 1080. The SMILES string of the molecule is COc1cc2cc(C(=O)Nc3ccc(C(C)=NN=C(N)N)cc3)[nH]c2cc1N. The molecule has 2 aromatic carbocycles. The summed E-state index contributed by atoms with van der Waals surface area (Å²) in [4.78, 5) is 15.6. The van der Waals surface area contributed by atoms with E-state index in [1.54, 1.807) is 44.4 Å². The highest BCUT2D eigenvalue weighted by atomic mass is 16.5. The van der Waals surface area contributed by atoms with Crippen LogP contribution in [0.25, 0.3) is 10.9 Å². The normalized spacial score (nSPS) is 11.3. The largest absolute Gasteiger partial charge is 0.495 e. The van der Waals surface area contributed by atoms with Crippen LogP contribution < -0.4 is 27.3 Å². The van der Waals surface area contributed by atoms with E-state index in [9.17, 15) is 4.79 Å². The van der Waals surface area contributed by atoms with Gasteiger partial charge in [-0.3, -0.25) is 4.79 Å². The zero-order valence-corrected chi connectivity index (χ0v) is 15.5. The lowest BCUT2D eigenvalue weighted by Gasteiger charge is -2.05. The van der Waals surface area contributed by atoms with Crippen molar-refractivity contribution >= 4 is 39.9 Å². The number of aromatic amines is 1. The van der Waals surface area contributed by atoms with Crippen LogP contribution in [0.2, 0.25) is 0 Å². The molecule has 9 nitrogen and oxygen atoms in total. The van der Waals surface area contributed by atoms with Crippen LogP contribution in [0.3, 0.4) is 0 Å². The van der Waals surface area contributed by atoms with Crippen molar-refractivity contribution in [1.82, 2.24) is 4.98 Å². The number of nitrogens with one attached hydrogen (secondary N) is 2. The number of hydrogen-bond acceptors (Lipinski definition) is 5. The van der Waals surface area contributed by atoms with Crippen molar-refractivity contribution in [2.75, 3.05) is 18.2 Å². The van der Waals surface area contributed by atoms with Gasteiger partial charge in [-0.05, 0) is 42.8 Å². The highest BCUT2D eigenvalue weighted by Gasteiger charge is 2.12. The molecule has 9 heteroatoms. The zero-order chi connectivity index (χ0) is 20.3. The van der Waals surface area contributed by atoms with E-state index in [0.717, 1.165) is 16.5 Å². The first-order valence-electron chi connectivity index (χ1n) is 8.38. The maximum Gasteiger partial charge on any atom is 0.272 e. The highest BCUT2D eigenvalue weighted by Crippen LogP contribution is 2.28. The smallest absolute Gasteiger partial charge is 0.272 e. The Morgan fingerprint density at radius 2 is 1.82 bits per heavy atom. The molecule has 0 saturated carbocycles. The number of carbonyl (C=O) groups is 1. The first-order valence-corrected chi connectivity index (χ1v) is 8.38. The third-order valence-electron chi connectivity index (χ3n) is 4.09. The lowest BCUT2D eigenvalue weighted by molar-refractivity contribution is 0.102. The number of nitrogens with two attached hydrogens (primary N) is 3. The summed E-state index contributed by atoms with van der Waals surface area (Å²) >= 11 is 0. The second kappa shape index (κ2) is 7.70. The van der Waals surface area contributed by atoms with E-state index in [1.165, 1.54) is 0 Å². The standard InChI is InChI=1S/C19H21N7O2/c1-10(25-26-19(21)22)11-3-5-13(6-4-11)23-18(27)16-7-12-8-17(28-2)14(20)9-15(12)24-16/h3-9,24H,20H2,1-2H3,(H,23,27)(H4,21,22,26). The van der Waals surface area contributed by atoms with Gasteiger partial charge in [0.25, 0.3) is 5.91 Å². The second-order valence-corrected chi connectivity index (χ2v) is 6.11. The first-order chi connectivity index (χ1) is 13.4. The second-order valence-electron chi connectivity index (χ2n) is 6.11. The van der Waals surface area contributed by atoms with Gasteiger partial charge in [-0.15, -0.1) is 5.10 Å². The summed E-state index contributed by atoms with van der Waals surface area (Å²) in [6.07, 6.45) is 0. The minimum Gasteiger partial charge on any atom is -0.495 e. The van der Waals surface area contributed by atoms with Crippen molar-refractivity contribution in [3.05, 3.63) is 53.7 Å². The van der Waals surface area contributed by atoms with Gasteiger partial charge in [0.15, 0.2) is 0 Å². The fourth-order valence-corrected chi connectivity index (χ4v) is 2.66. The summed E-state index contributed by atoms with van der Waals surface area (Å²) in [5, 5.41) is 11.2. The number of nitrogens with zero attached hydrogens (tertiary/aromatic N) is 2. The van der Waals surface area contributed by atoms with Gasteiger partial charge in [-0.25, -0.2) is 0 Å². The minimum absolute atomic E-state index is 0.110. The van der Waals surface area contributed by atoms with Crippen molar-refractivity contribution in [3.8, 4) is 5.75 Å². The third kappa shape index (κ3) is 4.04. The number of methoxy groups -OCH3 is 1. The van der Waals surface area contributed by atoms with E-state index >= 15 is 0 Å². The van der Waals surface area contributed by atoms with Crippen molar-refractivity contribution < 1.29 is 9.53 Å². The molecule has 3 rings (SSSR count). The predicted octanol–water partition coefficient (Wildman–Crippen LogP) is 2.01. The van der Waals surface area contributed by atoms with Gasteiger partial charge in [0.1, 0.15) is 11.4 Å². The molecule has 0 unspecified atom stereocenters. The number of amides is 1. The number of aromatic nitrogens is 1. The molecule has 0 aliphatic rings. The number of guanidine groups is 1. The molecule has 0 bridgehead atoms. The molecular weight excluding hydrogens is 358 g/mol. The molecular formula is C19H21N7O2. The maximum absolute atomic E-state index is 12.5. The van der Waals surface area contributed by atoms with Crippen LogP contribution in [0, 0.1) is 0 Å². The summed E-state index contributed by atoms with van der Waals surface area (Å²) in [7, 11) is 1.55. The molecule has 0 radical (unpaired) electrons. The number of ether oxygens (including phenoxy) is 1. The Morgan fingerprint density at radius 1 is 1.11 bits per heavy atom. The molecule has 1 amide bonds. The molecule has 0 fully saturated rings. The van der Waals surface area contributed by atoms with Gasteiger partial charge in [0.05, 0.1) is 18.5 Å². The molecule has 28 heavy (non-hydrogen) atoms. The number of nitrogen functional groups attached to an aromatic ring is 1. The lowest BCUT2D eigenvalue weighted by atomic mass is 10.1. The Kier molecular flexibility index (Phi) is 5.16. The number of benzene rings is 2. The first kappa shape index (κ1) is 18.8. The fourth-order valence-electron chi connectivity index (χ4n) is 2.66. The zero-order valence-electron chi connectivity index (χ0n) is 15.5. The maximum atomic E-state index is 12.5. The van der Waals surface area contributed by atoms with Crippen LogP contribution in [0.15, 0.2) is 52.7 Å². The van der Waals surface area contributed by atoms with E-state index in [0.29, 0.717) is 28.5 Å². The van der Waals surface area contributed by atoms with Gasteiger partial charge < -0.3 is 32.2 Å². The van der Waals surface area contributed by atoms with Crippen LogP contribution in [-0.2, 0) is 0 Å². The Morgan fingerprint density at radius 3 is 2.46 bits per heavy atom. The van der Waals surface area contributed by atoms with E-state index in [4.69, 9.17) is 21.9 Å². The average Bonchev–Trinajstić information content (AvgIpc) is 3.08. The summed E-state index contributed by atoms with van der Waals surface area (Å²) in [6, 6.07) is 12.4. The van der Waals surface area contributed by atoms with Gasteiger partial charge >= 0.3 is 0 Å². The van der Waals surface area contributed by atoms with E-state index < -0.39 is 0 Å². The van der Waals surface area contributed by atoms with E-state index in [2.05, 4.69) is 20.5 Å². The van der Waals surface area contributed by atoms with E-state index in [1.807, 2.05) is 12.1 Å². The summed E-state index contributed by atoms with van der Waals surface area (Å²) < 4.78 is 5.21. The minimum atomic E-state index is -0.271. The molecule has 1 aromatic heterocycles.